The SMILES string of the molecule is O=C(O)COc1c[c]ccc1Cl. The lowest BCUT2D eigenvalue weighted by Crippen LogP contribution is -2.09. The van der Waals surface area contributed by atoms with E-state index in [2.05, 4.69) is 6.07 Å². The molecule has 1 aromatic carbocycles. The highest BCUT2D eigenvalue weighted by Crippen LogP contribution is 2.22. The number of aliphatic carboxylic acids is 1. The van der Waals surface area contributed by atoms with Gasteiger partial charge in [0.2, 0.25) is 0 Å². The van der Waals surface area contributed by atoms with E-state index < -0.39 is 12.6 Å². The van der Waals surface area contributed by atoms with Crippen molar-refractivity contribution in [1.82, 2.24) is 0 Å². The van der Waals surface area contributed by atoms with Crippen molar-refractivity contribution in [3.63, 3.8) is 0 Å². The third-order valence-electron chi connectivity index (χ3n) is 1.13. The van der Waals surface area contributed by atoms with Gasteiger partial charge in [0.1, 0.15) is 5.75 Å². The molecular weight excluding hydrogens is 180 g/mol. The summed E-state index contributed by atoms with van der Waals surface area (Å²) < 4.78 is 4.84. The van der Waals surface area contributed by atoms with Gasteiger partial charge in [-0.3, -0.25) is 0 Å². The van der Waals surface area contributed by atoms with Crippen molar-refractivity contribution in [2.24, 2.45) is 0 Å². The van der Waals surface area contributed by atoms with E-state index in [1.165, 1.54) is 6.07 Å². The first-order valence-corrected chi connectivity index (χ1v) is 3.58. The van der Waals surface area contributed by atoms with E-state index in [-0.39, 0.29) is 0 Å². The molecule has 0 saturated carbocycles. The van der Waals surface area contributed by atoms with Gasteiger partial charge in [0.15, 0.2) is 6.61 Å². The predicted octanol–water partition coefficient (Wildman–Crippen LogP) is 1.60. The molecule has 63 valence electrons. The van der Waals surface area contributed by atoms with Gasteiger partial charge in [0, 0.05) is 0 Å². The third kappa shape index (κ3) is 2.43. The molecule has 0 fully saturated rings. The van der Waals surface area contributed by atoms with Crippen LogP contribution >= 0.6 is 11.6 Å². The van der Waals surface area contributed by atoms with Gasteiger partial charge in [-0.25, -0.2) is 4.79 Å². The molecule has 0 amide bonds. The van der Waals surface area contributed by atoms with Gasteiger partial charge in [-0.1, -0.05) is 17.7 Å². The van der Waals surface area contributed by atoms with Gasteiger partial charge in [-0.05, 0) is 18.2 Å². The Balaban J connectivity index is 2.63. The summed E-state index contributed by atoms with van der Waals surface area (Å²) in [7, 11) is 0. The van der Waals surface area contributed by atoms with Crippen LogP contribution in [0, 0.1) is 6.07 Å². The van der Waals surface area contributed by atoms with Crippen LogP contribution < -0.4 is 4.74 Å². The Bertz CT molecular complexity index is 285. The van der Waals surface area contributed by atoms with Gasteiger partial charge < -0.3 is 9.84 Å². The molecule has 1 aromatic rings. The molecule has 1 rings (SSSR count). The Morgan fingerprint density at radius 2 is 2.50 bits per heavy atom. The molecule has 0 aliphatic rings. The predicted molar refractivity (Wildman–Crippen MR) is 43.4 cm³/mol. The van der Waals surface area contributed by atoms with Gasteiger partial charge in [-0.15, -0.1) is 0 Å². The van der Waals surface area contributed by atoms with E-state index in [0.29, 0.717) is 10.8 Å². The van der Waals surface area contributed by atoms with Crippen molar-refractivity contribution in [1.29, 1.82) is 0 Å². The van der Waals surface area contributed by atoms with Crippen LogP contribution in [0.15, 0.2) is 18.2 Å². The summed E-state index contributed by atoms with van der Waals surface area (Å²) in [5.41, 5.74) is 0. The lowest BCUT2D eigenvalue weighted by atomic mass is 10.3. The summed E-state index contributed by atoms with van der Waals surface area (Å²) >= 11 is 5.67. The molecule has 12 heavy (non-hydrogen) atoms. The van der Waals surface area contributed by atoms with Crippen LogP contribution in [0.5, 0.6) is 5.75 Å². The monoisotopic (exact) mass is 185 g/mol. The zero-order valence-electron chi connectivity index (χ0n) is 6.08. The first kappa shape index (κ1) is 8.87. The third-order valence-corrected chi connectivity index (χ3v) is 1.44. The summed E-state index contributed by atoms with van der Waals surface area (Å²) in [4.78, 5) is 10.1. The fourth-order valence-corrected chi connectivity index (χ4v) is 0.818. The molecule has 1 radical (unpaired) electrons. The maximum atomic E-state index is 10.1. The minimum atomic E-state index is -1.03. The van der Waals surface area contributed by atoms with E-state index in [1.54, 1.807) is 12.1 Å². The molecule has 4 heteroatoms. The summed E-state index contributed by atoms with van der Waals surface area (Å²) in [6.07, 6.45) is 0. The van der Waals surface area contributed by atoms with E-state index >= 15 is 0 Å². The number of carboxylic acids is 1. The number of hydrogen-bond donors (Lipinski definition) is 1. The first-order valence-electron chi connectivity index (χ1n) is 3.20. The Labute approximate surface area is 74.5 Å². The Morgan fingerprint density at radius 3 is 3.08 bits per heavy atom. The van der Waals surface area contributed by atoms with Crippen LogP contribution in [0.25, 0.3) is 0 Å². The normalized spacial score (nSPS) is 9.42. The highest BCUT2D eigenvalue weighted by atomic mass is 35.5. The molecule has 0 saturated heterocycles. The number of rotatable bonds is 3. The molecule has 0 unspecified atom stereocenters. The van der Waals surface area contributed by atoms with Crippen molar-refractivity contribution in [3.8, 4) is 5.75 Å². The lowest BCUT2D eigenvalue weighted by molar-refractivity contribution is -0.139. The minimum Gasteiger partial charge on any atom is -0.480 e. The first-order chi connectivity index (χ1) is 5.70. The zero-order valence-corrected chi connectivity index (χ0v) is 6.84. The Kier molecular flexibility index (Phi) is 2.94. The average molecular weight is 186 g/mol. The summed E-state index contributed by atoms with van der Waals surface area (Å²) in [5, 5.41) is 8.67. The van der Waals surface area contributed by atoms with E-state index in [4.69, 9.17) is 21.4 Å². The average Bonchev–Trinajstić information content (AvgIpc) is 2.03. The number of halogens is 1. The zero-order chi connectivity index (χ0) is 8.97. The van der Waals surface area contributed by atoms with Gasteiger partial charge in [0.25, 0.3) is 0 Å². The molecule has 0 aliphatic carbocycles. The van der Waals surface area contributed by atoms with Gasteiger partial charge in [0.05, 0.1) is 5.02 Å². The summed E-state index contributed by atoms with van der Waals surface area (Å²) in [5.74, 6) is -0.698. The van der Waals surface area contributed by atoms with Crippen molar-refractivity contribution >= 4 is 17.6 Å². The number of benzene rings is 1. The fourth-order valence-electron chi connectivity index (χ4n) is 0.646. The van der Waals surface area contributed by atoms with Gasteiger partial charge in [-0.2, -0.15) is 0 Å². The van der Waals surface area contributed by atoms with Crippen LogP contribution in [0.4, 0.5) is 0 Å². The standard InChI is InChI=1S/C8H6ClO3/c9-6-3-1-2-4-7(6)12-5-8(10)11/h1,3-4H,5H2,(H,10,11). The second-order valence-electron chi connectivity index (χ2n) is 2.04. The van der Waals surface area contributed by atoms with E-state index in [0.717, 1.165) is 0 Å². The molecule has 0 aliphatic heterocycles. The lowest BCUT2D eigenvalue weighted by Gasteiger charge is -2.03. The maximum absolute atomic E-state index is 10.1. The van der Waals surface area contributed by atoms with Crippen LogP contribution in [-0.2, 0) is 4.79 Å². The molecule has 0 aromatic heterocycles. The smallest absolute Gasteiger partial charge is 0.341 e. The molecule has 0 heterocycles. The summed E-state index contributed by atoms with van der Waals surface area (Å²) in [6.45, 7) is -0.391. The highest BCUT2D eigenvalue weighted by Gasteiger charge is 2.01. The molecule has 0 spiro atoms. The fraction of sp³-hybridized carbons (Fsp3) is 0.125. The van der Waals surface area contributed by atoms with Crippen molar-refractivity contribution in [2.45, 2.75) is 0 Å². The van der Waals surface area contributed by atoms with Crippen LogP contribution in [0.3, 0.4) is 0 Å². The highest BCUT2D eigenvalue weighted by molar-refractivity contribution is 6.32. The van der Waals surface area contributed by atoms with Crippen LogP contribution in [-0.4, -0.2) is 17.7 Å². The van der Waals surface area contributed by atoms with Crippen LogP contribution in [0.1, 0.15) is 0 Å². The van der Waals surface area contributed by atoms with Crippen molar-refractivity contribution < 1.29 is 14.6 Å². The van der Waals surface area contributed by atoms with Gasteiger partial charge >= 0.3 is 5.97 Å². The quantitative estimate of drug-likeness (QED) is 0.778. The number of hydrogen-bond acceptors (Lipinski definition) is 2. The van der Waals surface area contributed by atoms with Crippen molar-refractivity contribution in [2.75, 3.05) is 6.61 Å². The Morgan fingerprint density at radius 1 is 1.75 bits per heavy atom. The van der Waals surface area contributed by atoms with Crippen molar-refractivity contribution in [3.05, 3.63) is 29.3 Å². The largest absolute Gasteiger partial charge is 0.480 e. The second-order valence-corrected chi connectivity index (χ2v) is 2.45. The number of ether oxygens (including phenoxy) is 1. The summed E-state index contributed by atoms with van der Waals surface area (Å²) in [6, 6.07) is 7.42. The number of carbonyl (C=O) groups is 1. The molecule has 1 N–H and O–H groups in total. The Hall–Kier alpha value is -1.22. The molecule has 3 nitrogen and oxygen atoms in total. The molecule has 0 bridgehead atoms. The van der Waals surface area contributed by atoms with E-state index in [9.17, 15) is 4.79 Å². The van der Waals surface area contributed by atoms with E-state index in [1.807, 2.05) is 0 Å². The topological polar surface area (TPSA) is 46.5 Å². The molecule has 0 atom stereocenters. The number of carboxylic acid groups (broad SMARTS) is 1. The second kappa shape index (κ2) is 3.97. The maximum Gasteiger partial charge on any atom is 0.341 e. The minimum absolute atomic E-state index is 0.335. The van der Waals surface area contributed by atoms with Crippen LogP contribution in [0.2, 0.25) is 5.02 Å². The molecular formula is C8H6ClO3.